The van der Waals surface area contributed by atoms with E-state index in [4.69, 9.17) is 4.42 Å². The summed E-state index contributed by atoms with van der Waals surface area (Å²) in [5.41, 5.74) is 1.62. The average Bonchev–Trinajstić information content (AvgIpc) is 2.64. The van der Waals surface area contributed by atoms with Crippen molar-refractivity contribution in [3.8, 4) is 5.75 Å². The van der Waals surface area contributed by atoms with Crippen molar-refractivity contribution >= 4 is 16.8 Å². The highest BCUT2D eigenvalue weighted by molar-refractivity contribution is 6.03. The van der Waals surface area contributed by atoms with E-state index in [1.54, 1.807) is 6.07 Å². The second kappa shape index (κ2) is 3.42. The Morgan fingerprint density at radius 2 is 2.27 bits per heavy atom. The summed E-state index contributed by atoms with van der Waals surface area (Å²) >= 11 is 0. The minimum Gasteiger partial charge on any atom is -0.504 e. The van der Waals surface area contributed by atoms with E-state index in [0.717, 1.165) is 10.9 Å². The van der Waals surface area contributed by atoms with Crippen LogP contribution in [-0.2, 0) is 6.42 Å². The van der Waals surface area contributed by atoms with Gasteiger partial charge in [-0.25, -0.2) is 0 Å². The number of carbonyl (C=O) groups is 1. The van der Waals surface area contributed by atoms with E-state index in [-0.39, 0.29) is 11.5 Å². The van der Waals surface area contributed by atoms with Crippen LogP contribution in [0.5, 0.6) is 5.75 Å². The minimum absolute atomic E-state index is 0.0400. The third-order valence-corrected chi connectivity index (χ3v) is 2.53. The number of aryl methyl sites for hydroxylation is 1. The van der Waals surface area contributed by atoms with Crippen molar-refractivity contribution in [1.82, 2.24) is 0 Å². The van der Waals surface area contributed by atoms with E-state index in [9.17, 15) is 9.90 Å². The number of furan rings is 1. The molecule has 2 rings (SSSR count). The molecule has 0 fully saturated rings. The van der Waals surface area contributed by atoms with Crippen LogP contribution in [0.2, 0.25) is 0 Å². The van der Waals surface area contributed by atoms with Crippen LogP contribution in [0.3, 0.4) is 0 Å². The van der Waals surface area contributed by atoms with Crippen molar-refractivity contribution in [2.24, 2.45) is 0 Å². The van der Waals surface area contributed by atoms with Crippen LogP contribution >= 0.6 is 0 Å². The van der Waals surface area contributed by atoms with Crippen molar-refractivity contribution in [2.45, 2.75) is 20.3 Å². The Bertz CT molecular complexity index is 523. The third kappa shape index (κ3) is 1.40. The van der Waals surface area contributed by atoms with Crippen LogP contribution in [0.4, 0.5) is 0 Å². The zero-order valence-corrected chi connectivity index (χ0v) is 8.70. The van der Waals surface area contributed by atoms with E-state index in [1.165, 1.54) is 13.2 Å². The van der Waals surface area contributed by atoms with Crippen molar-refractivity contribution < 1.29 is 14.3 Å². The van der Waals surface area contributed by atoms with Crippen LogP contribution in [0.25, 0.3) is 11.0 Å². The van der Waals surface area contributed by atoms with Gasteiger partial charge < -0.3 is 9.52 Å². The van der Waals surface area contributed by atoms with Gasteiger partial charge in [0.15, 0.2) is 17.1 Å². The highest BCUT2D eigenvalue weighted by Gasteiger charge is 2.17. The molecule has 78 valence electrons. The number of rotatable bonds is 2. The summed E-state index contributed by atoms with van der Waals surface area (Å²) in [6.45, 7) is 3.40. The van der Waals surface area contributed by atoms with E-state index < -0.39 is 0 Å². The Morgan fingerprint density at radius 1 is 1.53 bits per heavy atom. The van der Waals surface area contributed by atoms with Gasteiger partial charge >= 0.3 is 0 Å². The quantitative estimate of drug-likeness (QED) is 0.765. The zero-order valence-electron chi connectivity index (χ0n) is 8.70. The predicted octanol–water partition coefficient (Wildman–Crippen LogP) is 2.90. The average molecular weight is 204 g/mol. The van der Waals surface area contributed by atoms with Gasteiger partial charge in [0.1, 0.15) is 0 Å². The minimum atomic E-state index is -0.136. The van der Waals surface area contributed by atoms with E-state index >= 15 is 0 Å². The summed E-state index contributed by atoms with van der Waals surface area (Å²) < 4.78 is 5.14. The fourth-order valence-electron chi connectivity index (χ4n) is 1.82. The fraction of sp³-hybridized carbons (Fsp3) is 0.250. The van der Waals surface area contributed by atoms with Crippen LogP contribution in [-0.4, -0.2) is 10.9 Å². The molecule has 0 bridgehead atoms. The molecule has 1 heterocycles. The second-order valence-corrected chi connectivity index (χ2v) is 3.51. The number of aromatic hydroxyl groups is 1. The molecule has 0 atom stereocenters. The molecule has 2 aromatic rings. The Balaban J connectivity index is 2.85. The number of hydrogen-bond donors (Lipinski definition) is 1. The maximum Gasteiger partial charge on any atom is 0.176 e. The molecule has 0 aliphatic carbocycles. The van der Waals surface area contributed by atoms with Gasteiger partial charge in [0.05, 0.1) is 11.8 Å². The molecule has 1 aromatic heterocycles. The topological polar surface area (TPSA) is 50.4 Å². The van der Waals surface area contributed by atoms with Gasteiger partial charge in [0, 0.05) is 5.39 Å². The first-order valence-electron chi connectivity index (χ1n) is 4.88. The molecule has 0 unspecified atom stereocenters. The van der Waals surface area contributed by atoms with Crippen molar-refractivity contribution in [3.63, 3.8) is 0 Å². The number of phenols is 1. The first-order chi connectivity index (χ1) is 7.15. The summed E-state index contributed by atoms with van der Waals surface area (Å²) in [5.74, 6) is -0.176. The molecule has 0 amide bonds. The summed E-state index contributed by atoms with van der Waals surface area (Å²) in [6, 6.07) is 3.66. The first kappa shape index (κ1) is 9.77. The lowest BCUT2D eigenvalue weighted by atomic mass is 9.99. The molecule has 1 N–H and O–H groups in total. The number of fused-ring (bicyclic) bond motifs is 1. The molecule has 0 spiro atoms. The van der Waals surface area contributed by atoms with Crippen LogP contribution in [0.15, 0.2) is 22.8 Å². The first-order valence-corrected chi connectivity index (χ1v) is 4.88. The molecular weight excluding hydrogens is 192 g/mol. The standard InChI is InChI=1S/C12H12O3/c1-3-8-6-9-4-5-15-12(9)11(14)10(8)7(2)13/h4-6,14H,3H2,1-2H3. The lowest BCUT2D eigenvalue weighted by molar-refractivity contribution is 0.101. The Morgan fingerprint density at radius 3 is 2.87 bits per heavy atom. The van der Waals surface area contributed by atoms with Crippen molar-refractivity contribution in [2.75, 3.05) is 0 Å². The van der Waals surface area contributed by atoms with E-state index in [0.29, 0.717) is 17.6 Å². The maximum absolute atomic E-state index is 11.4. The molecule has 1 aromatic carbocycles. The Kier molecular flexibility index (Phi) is 2.23. The molecule has 0 aliphatic rings. The lowest BCUT2D eigenvalue weighted by Crippen LogP contribution is -1.99. The molecule has 0 saturated carbocycles. The number of benzene rings is 1. The zero-order chi connectivity index (χ0) is 11.0. The van der Waals surface area contributed by atoms with Gasteiger partial charge in [-0.1, -0.05) is 6.92 Å². The Hall–Kier alpha value is -1.77. The summed E-state index contributed by atoms with van der Waals surface area (Å²) in [4.78, 5) is 11.4. The number of carbonyl (C=O) groups excluding carboxylic acids is 1. The largest absolute Gasteiger partial charge is 0.504 e. The van der Waals surface area contributed by atoms with Crippen LogP contribution in [0.1, 0.15) is 29.8 Å². The van der Waals surface area contributed by atoms with Gasteiger partial charge in [-0.2, -0.15) is 0 Å². The fourth-order valence-corrected chi connectivity index (χ4v) is 1.82. The molecule has 0 saturated heterocycles. The third-order valence-electron chi connectivity index (χ3n) is 2.53. The van der Waals surface area contributed by atoms with Crippen LogP contribution < -0.4 is 0 Å². The molecule has 3 heteroatoms. The van der Waals surface area contributed by atoms with Gasteiger partial charge in [-0.3, -0.25) is 4.79 Å². The molecule has 0 aliphatic heterocycles. The van der Waals surface area contributed by atoms with Gasteiger partial charge in [0.25, 0.3) is 0 Å². The normalized spacial score (nSPS) is 10.8. The maximum atomic E-state index is 11.4. The second-order valence-electron chi connectivity index (χ2n) is 3.51. The monoisotopic (exact) mass is 204 g/mol. The molecule has 0 radical (unpaired) electrons. The summed E-state index contributed by atoms with van der Waals surface area (Å²) in [5, 5.41) is 10.7. The summed E-state index contributed by atoms with van der Waals surface area (Å²) in [7, 11) is 0. The number of Topliss-reactive ketones (excluding diaryl/α,β-unsaturated/α-hetero) is 1. The highest BCUT2D eigenvalue weighted by Crippen LogP contribution is 2.33. The molecular formula is C12H12O3. The van der Waals surface area contributed by atoms with Gasteiger partial charge in [-0.15, -0.1) is 0 Å². The number of ketones is 1. The predicted molar refractivity (Wildman–Crippen MR) is 57.3 cm³/mol. The SMILES string of the molecule is CCc1cc2ccoc2c(O)c1C(C)=O. The number of phenolic OH excluding ortho intramolecular Hbond substituents is 1. The highest BCUT2D eigenvalue weighted by atomic mass is 16.3. The number of hydrogen-bond acceptors (Lipinski definition) is 3. The van der Waals surface area contributed by atoms with E-state index in [2.05, 4.69) is 0 Å². The van der Waals surface area contributed by atoms with E-state index in [1.807, 2.05) is 13.0 Å². The van der Waals surface area contributed by atoms with Gasteiger partial charge in [0.2, 0.25) is 0 Å². The summed E-state index contributed by atoms with van der Waals surface area (Å²) in [6.07, 6.45) is 2.22. The Labute approximate surface area is 87.3 Å². The van der Waals surface area contributed by atoms with Crippen LogP contribution in [0, 0.1) is 0 Å². The van der Waals surface area contributed by atoms with Crippen molar-refractivity contribution in [1.29, 1.82) is 0 Å². The molecule has 15 heavy (non-hydrogen) atoms. The lowest BCUT2D eigenvalue weighted by Gasteiger charge is -2.07. The van der Waals surface area contributed by atoms with Gasteiger partial charge in [-0.05, 0) is 31.0 Å². The molecule has 3 nitrogen and oxygen atoms in total. The van der Waals surface area contributed by atoms with Crippen molar-refractivity contribution in [3.05, 3.63) is 29.5 Å². The smallest absolute Gasteiger partial charge is 0.176 e.